The molecule has 0 aliphatic heterocycles. The third-order valence-corrected chi connectivity index (χ3v) is 1.13. The topological polar surface area (TPSA) is 66.0 Å². The lowest BCUT2D eigenvalue weighted by atomic mass is 10.6. The van der Waals surface area contributed by atoms with Crippen LogP contribution in [0.15, 0.2) is 6.20 Å². The molecule has 0 atom stereocenters. The van der Waals surface area contributed by atoms with Crippen LogP contribution in [-0.2, 0) is 6.54 Å². The largest absolute Gasteiger partial charge is 0.480 e. The second-order valence-electron chi connectivity index (χ2n) is 1.79. The lowest BCUT2D eigenvalue weighted by Gasteiger charge is -2.00. The molecule has 5 heteroatoms. The number of nitrogens with zero attached hydrogens (tertiary/aromatic N) is 3. The van der Waals surface area contributed by atoms with Crippen LogP contribution in [0.25, 0.3) is 0 Å². The number of hydrogen-bond acceptors (Lipinski definition) is 4. The Bertz CT molecular complexity index is 197. The smallest absolute Gasteiger partial charge is 0.232 e. The van der Waals surface area contributed by atoms with E-state index in [0.29, 0.717) is 19.0 Å². The summed E-state index contributed by atoms with van der Waals surface area (Å²) in [6, 6.07) is 0. The van der Waals surface area contributed by atoms with E-state index in [0.717, 1.165) is 0 Å². The van der Waals surface area contributed by atoms with E-state index in [1.807, 2.05) is 0 Å². The van der Waals surface area contributed by atoms with Gasteiger partial charge in [-0.15, -0.1) is 5.10 Å². The molecule has 0 saturated heterocycles. The molecule has 1 rings (SSSR count). The van der Waals surface area contributed by atoms with Gasteiger partial charge in [0.15, 0.2) is 0 Å². The number of methoxy groups -OCH3 is 1. The average Bonchev–Trinajstić information content (AvgIpc) is 2.36. The van der Waals surface area contributed by atoms with Crippen molar-refractivity contribution in [3.05, 3.63) is 6.20 Å². The Morgan fingerprint density at radius 1 is 1.80 bits per heavy atom. The van der Waals surface area contributed by atoms with E-state index in [4.69, 9.17) is 10.5 Å². The van der Waals surface area contributed by atoms with E-state index >= 15 is 0 Å². The van der Waals surface area contributed by atoms with Gasteiger partial charge in [-0.1, -0.05) is 5.21 Å². The van der Waals surface area contributed by atoms with Gasteiger partial charge in [-0.05, 0) is 0 Å². The molecule has 0 spiro atoms. The Labute approximate surface area is 58.8 Å². The summed E-state index contributed by atoms with van der Waals surface area (Å²) in [6.45, 7) is 1.18. The van der Waals surface area contributed by atoms with E-state index in [2.05, 4.69) is 10.3 Å². The number of hydrogen-bond donors (Lipinski definition) is 1. The molecule has 1 aromatic heterocycles. The third kappa shape index (κ3) is 1.24. The van der Waals surface area contributed by atoms with Gasteiger partial charge in [0.2, 0.25) is 5.88 Å². The number of rotatable bonds is 3. The highest BCUT2D eigenvalue weighted by Gasteiger charge is 1.99. The van der Waals surface area contributed by atoms with E-state index in [9.17, 15) is 0 Å². The van der Waals surface area contributed by atoms with Crippen molar-refractivity contribution in [3.63, 3.8) is 0 Å². The molecule has 0 amide bonds. The molecule has 10 heavy (non-hydrogen) atoms. The Balaban J connectivity index is 2.70. The Hall–Kier alpha value is -1.10. The maximum atomic E-state index is 5.30. The van der Waals surface area contributed by atoms with E-state index in [1.54, 1.807) is 18.0 Å². The molecular formula is C5H10N4O. The van der Waals surface area contributed by atoms with Crippen molar-refractivity contribution in [1.29, 1.82) is 0 Å². The number of nitrogens with two attached hydrogens (primary N) is 1. The lowest BCUT2D eigenvalue weighted by molar-refractivity contribution is 0.361. The average molecular weight is 142 g/mol. The summed E-state index contributed by atoms with van der Waals surface area (Å²) in [5, 5.41) is 7.38. The maximum Gasteiger partial charge on any atom is 0.232 e. The maximum absolute atomic E-state index is 5.30. The normalized spacial score (nSPS) is 9.80. The monoisotopic (exact) mass is 142 g/mol. The second kappa shape index (κ2) is 3.17. The molecule has 56 valence electrons. The van der Waals surface area contributed by atoms with E-state index < -0.39 is 0 Å². The minimum atomic E-state index is 0.541. The zero-order valence-corrected chi connectivity index (χ0v) is 5.82. The summed E-state index contributed by atoms with van der Waals surface area (Å²) < 4.78 is 6.53. The van der Waals surface area contributed by atoms with Gasteiger partial charge >= 0.3 is 0 Å². The fourth-order valence-electron chi connectivity index (χ4n) is 0.684. The molecule has 0 unspecified atom stereocenters. The van der Waals surface area contributed by atoms with Gasteiger partial charge in [0.05, 0.1) is 13.7 Å². The first kappa shape index (κ1) is 7.01. The van der Waals surface area contributed by atoms with Gasteiger partial charge in [-0.2, -0.15) is 0 Å². The van der Waals surface area contributed by atoms with Gasteiger partial charge < -0.3 is 10.5 Å². The molecule has 1 heterocycles. The lowest BCUT2D eigenvalue weighted by Crippen LogP contribution is -2.12. The summed E-state index contributed by atoms with van der Waals surface area (Å²) in [5.41, 5.74) is 5.30. The van der Waals surface area contributed by atoms with E-state index in [-0.39, 0.29) is 0 Å². The zero-order valence-electron chi connectivity index (χ0n) is 5.82. The summed E-state index contributed by atoms with van der Waals surface area (Å²) in [4.78, 5) is 0. The number of aromatic nitrogens is 3. The Morgan fingerprint density at radius 2 is 2.60 bits per heavy atom. The Morgan fingerprint density at radius 3 is 3.20 bits per heavy atom. The van der Waals surface area contributed by atoms with E-state index in [1.165, 1.54) is 0 Å². The molecule has 0 bridgehead atoms. The van der Waals surface area contributed by atoms with Crippen molar-refractivity contribution in [1.82, 2.24) is 15.0 Å². The highest BCUT2D eigenvalue weighted by Crippen LogP contribution is 2.03. The molecule has 0 aliphatic carbocycles. The van der Waals surface area contributed by atoms with Gasteiger partial charge in [0, 0.05) is 6.54 Å². The van der Waals surface area contributed by atoms with Gasteiger partial charge in [-0.3, -0.25) is 0 Å². The van der Waals surface area contributed by atoms with Crippen molar-refractivity contribution in [2.24, 2.45) is 5.73 Å². The fourth-order valence-corrected chi connectivity index (χ4v) is 0.684. The molecular weight excluding hydrogens is 132 g/mol. The van der Waals surface area contributed by atoms with Crippen molar-refractivity contribution >= 4 is 0 Å². The van der Waals surface area contributed by atoms with Gasteiger partial charge in [0.25, 0.3) is 0 Å². The quantitative estimate of drug-likeness (QED) is 0.602. The first-order valence-corrected chi connectivity index (χ1v) is 3.01. The Kier molecular flexibility index (Phi) is 2.22. The fraction of sp³-hybridized carbons (Fsp3) is 0.600. The summed E-state index contributed by atoms with van der Waals surface area (Å²) in [6.07, 6.45) is 1.55. The standard InChI is InChI=1S/C5H10N4O/c1-10-5-4-7-8-9(5)3-2-6/h4H,2-3,6H2,1H3. The van der Waals surface area contributed by atoms with Crippen LogP contribution in [-0.4, -0.2) is 28.6 Å². The SMILES string of the molecule is COc1cnnn1CCN. The molecule has 0 aromatic carbocycles. The van der Waals surface area contributed by atoms with Crippen molar-refractivity contribution in [2.45, 2.75) is 6.54 Å². The molecule has 1 aromatic rings. The molecule has 5 nitrogen and oxygen atoms in total. The van der Waals surface area contributed by atoms with Crippen LogP contribution in [0.4, 0.5) is 0 Å². The van der Waals surface area contributed by atoms with Crippen LogP contribution in [0.5, 0.6) is 5.88 Å². The van der Waals surface area contributed by atoms with Crippen LogP contribution < -0.4 is 10.5 Å². The van der Waals surface area contributed by atoms with Crippen LogP contribution in [0.3, 0.4) is 0 Å². The van der Waals surface area contributed by atoms with Crippen LogP contribution in [0.1, 0.15) is 0 Å². The summed E-state index contributed by atoms with van der Waals surface area (Å²) >= 11 is 0. The van der Waals surface area contributed by atoms with Crippen molar-refractivity contribution < 1.29 is 4.74 Å². The van der Waals surface area contributed by atoms with Crippen molar-refractivity contribution in [3.8, 4) is 5.88 Å². The van der Waals surface area contributed by atoms with Crippen LogP contribution in [0, 0.1) is 0 Å². The highest BCUT2D eigenvalue weighted by molar-refractivity contribution is 5.00. The first-order valence-electron chi connectivity index (χ1n) is 3.01. The minimum absolute atomic E-state index is 0.541. The third-order valence-electron chi connectivity index (χ3n) is 1.13. The zero-order chi connectivity index (χ0) is 7.40. The number of ether oxygens (including phenoxy) is 1. The molecule has 2 N–H and O–H groups in total. The summed E-state index contributed by atoms with van der Waals surface area (Å²) in [5.74, 6) is 0.644. The highest BCUT2D eigenvalue weighted by atomic mass is 16.5. The predicted molar refractivity (Wildman–Crippen MR) is 35.6 cm³/mol. The predicted octanol–water partition coefficient (Wildman–Crippen LogP) is -0.755. The van der Waals surface area contributed by atoms with Crippen molar-refractivity contribution in [2.75, 3.05) is 13.7 Å². The van der Waals surface area contributed by atoms with Crippen LogP contribution in [0.2, 0.25) is 0 Å². The van der Waals surface area contributed by atoms with Gasteiger partial charge in [0.1, 0.15) is 6.20 Å². The second-order valence-corrected chi connectivity index (χ2v) is 1.79. The molecule has 0 fully saturated rings. The van der Waals surface area contributed by atoms with Gasteiger partial charge in [-0.25, -0.2) is 4.68 Å². The first-order chi connectivity index (χ1) is 4.88. The molecule has 0 saturated carbocycles. The minimum Gasteiger partial charge on any atom is -0.480 e. The summed E-state index contributed by atoms with van der Waals surface area (Å²) in [7, 11) is 1.58. The van der Waals surface area contributed by atoms with Crippen LogP contribution >= 0.6 is 0 Å². The molecule has 0 radical (unpaired) electrons. The molecule has 0 aliphatic rings.